The standard InChI is InChI=1S/C25H30BrN3O2/c26-21-7-5-20(6-8-21)25(31)29-15-13-19(14-16-29)24(30)28-23-11-9-22(10-12-23)27-17-18-3-1-2-4-18/h5-12,18-19,27H,1-4,13-17H2,(H,28,30). The Balaban J connectivity index is 1.23. The normalized spacial score (nSPS) is 17.5. The Kier molecular flexibility index (Phi) is 7.28. The van der Waals surface area contributed by atoms with Gasteiger partial charge in [-0.3, -0.25) is 9.59 Å². The Morgan fingerprint density at radius 3 is 2.13 bits per heavy atom. The zero-order valence-electron chi connectivity index (χ0n) is 17.8. The SMILES string of the molecule is O=C(Nc1ccc(NCC2CCCC2)cc1)C1CCN(C(=O)c2ccc(Br)cc2)CC1. The maximum Gasteiger partial charge on any atom is 0.253 e. The highest BCUT2D eigenvalue weighted by molar-refractivity contribution is 9.10. The molecule has 1 heterocycles. The quantitative estimate of drug-likeness (QED) is 0.566. The van der Waals surface area contributed by atoms with Crippen molar-refractivity contribution in [2.24, 2.45) is 11.8 Å². The van der Waals surface area contributed by atoms with Crippen LogP contribution in [-0.2, 0) is 4.79 Å². The molecule has 0 spiro atoms. The number of hydrogen-bond acceptors (Lipinski definition) is 3. The van der Waals surface area contributed by atoms with Crippen LogP contribution >= 0.6 is 15.9 Å². The van der Waals surface area contributed by atoms with E-state index in [-0.39, 0.29) is 17.7 Å². The Labute approximate surface area is 192 Å². The van der Waals surface area contributed by atoms with Gasteiger partial charge in [0.05, 0.1) is 0 Å². The molecule has 1 aliphatic carbocycles. The minimum Gasteiger partial charge on any atom is -0.385 e. The minimum atomic E-state index is -0.0610. The van der Waals surface area contributed by atoms with Gasteiger partial charge in [-0.25, -0.2) is 0 Å². The highest BCUT2D eigenvalue weighted by Gasteiger charge is 2.28. The zero-order chi connectivity index (χ0) is 21.6. The number of carbonyl (C=O) groups excluding carboxylic acids is 2. The average Bonchev–Trinajstić information content (AvgIpc) is 3.32. The van der Waals surface area contributed by atoms with Crippen LogP contribution in [0.4, 0.5) is 11.4 Å². The number of rotatable bonds is 6. The van der Waals surface area contributed by atoms with E-state index in [9.17, 15) is 9.59 Å². The molecule has 0 bridgehead atoms. The third kappa shape index (κ3) is 5.88. The van der Waals surface area contributed by atoms with Gasteiger partial charge in [-0.2, -0.15) is 0 Å². The lowest BCUT2D eigenvalue weighted by atomic mass is 9.95. The number of nitrogens with zero attached hydrogens (tertiary/aromatic N) is 1. The van der Waals surface area contributed by atoms with Gasteiger partial charge < -0.3 is 15.5 Å². The molecule has 5 nitrogen and oxygen atoms in total. The fourth-order valence-electron chi connectivity index (χ4n) is 4.51. The van der Waals surface area contributed by atoms with Gasteiger partial charge in [0, 0.05) is 47.0 Å². The Morgan fingerprint density at radius 2 is 1.48 bits per heavy atom. The van der Waals surface area contributed by atoms with Gasteiger partial charge in [-0.15, -0.1) is 0 Å². The molecule has 164 valence electrons. The van der Waals surface area contributed by atoms with Crippen molar-refractivity contribution >= 4 is 39.1 Å². The van der Waals surface area contributed by atoms with E-state index >= 15 is 0 Å². The van der Waals surface area contributed by atoms with E-state index in [1.807, 2.05) is 53.4 Å². The number of amides is 2. The number of piperidine rings is 1. The monoisotopic (exact) mass is 483 g/mol. The number of nitrogens with one attached hydrogen (secondary N) is 2. The molecule has 6 heteroatoms. The second-order valence-electron chi connectivity index (χ2n) is 8.67. The van der Waals surface area contributed by atoms with Crippen molar-refractivity contribution in [1.29, 1.82) is 0 Å². The first-order valence-electron chi connectivity index (χ1n) is 11.3. The average molecular weight is 484 g/mol. The summed E-state index contributed by atoms with van der Waals surface area (Å²) < 4.78 is 0.956. The van der Waals surface area contributed by atoms with Gasteiger partial charge in [0.15, 0.2) is 0 Å². The van der Waals surface area contributed by atoms with Gasteiger partial charge in [-0.1, -0.05) is 28.8 Å². The number of carbonyl (C=O) groups is 2. The number of hydrogen-bond donors (Lipinski definition) is 2. The molecule has 1 saturated carbocycles. The first kappa shape index (κ1) is 21.9. The maximum atomic E-state index is 12.7. The summed E-state index contributed by atoms with van der Waals surface area (Å²) in [5.74, 6) is 0.810. The van der Waals surface area contributed by atoms with E-state index in [1.165, 1.54) is 25.7 Å². The smallest absolute Gasteiger partial charge is 0.253 e. The van der Waals surface area contributed by atoms with Crippen molar-refractivity contribution in [3.05, 3.63) is 58.6 Å². The van der Waals surface area contributed by atoms with Crippen LogP contribution in [0, 0.1) is 11.8 Å². The van der Waals surface area contributed by atoms with Gasteiger partial charge in [0.2, 0.25) is 5.91 Å². The van der Waals surface area contributed by atoms with Crippen LogP contribution in [0.5, 0.6) is 0 Å². The third-order valence-electron chi connectivity index (χ3n) is 6.47. The molecule has 2 amide bonds. The molecule has 31 heavy (non-hydrogen) atoms. The summed E-state index contributed by atoms with van der Waals surface area (Å²) in [5, 5.41) is 6.55. The van der Waals surface area contributed by atoms with Crippen LogP contribution in [-0.4, -0.2) is 36.3 Å². The lowest BCUT2D eigenvalue weighted by Crippen LogP contribution is -2.41. The Morgan fingerprint density at radius 1 is 0.871 bits per heavy atom. The topological polar surface area (TPSA) is 61.4 Å². The summed E-state index contributed by atoms with van der Waals surface area (Å²) in [6.07, 6.45) is 6.75. The highest BCUT2D eigenvalue weighted by atomic mass is 79.9. The molecule has 0 radical (unpaired) electrons. The first-order valence-corrected chi connectivity index (χ1v) is 12.1. The summed E-state index contributed by atoms with van der Waals surface area (Å²) in [4.78, 5) is 27.2. The number of halogens is 1. The summed E-state index contributed by atoms with van der Waals surface area (Å²) >= 11 is 3.39. The Bertz CT molecular complexity index is 884. The maximum absolute atomic E-state index is 12.7. The molecule has 2 aromatic carbocycles. The van der Waals surface area contributed by atoms with Crippen LogP contribution in [0.3, 0.4) is 0 Å². The van der Waals surface area contributed by atoms with Crippen molar-refractivity contribution < 1.29 is 9.59 Å². The third-order valence-corrected chi connectivity index (χ3v) is 6.99. The molecule has 0 aromatic heterocycles. The fraction of sp³-hybridized carbons (Fsp3) is 0.440. The molecular weight excluding hydrogens is 454 g/mol. The molecule has 2 aromatic rings. The van der Waals surface area contributed by atoms with Crippen molar-refractivity contribution in [3.8, 4) is 0 Å². The van der Waals surface area contributed by atoms with Crippen LogP contribution in [0.2, 0.25) is 0 Å². The molecule has 1 aliphatic heterocycles. The van der Waals surface area contributed by atoms with E-state index in [4.69, 9.17) is 0 Å². The number of likely N-dealkylation sites (tertiary alicyclic amines) is 1. The molecule has 1 saturated heterocycles. The minimum absolute atomic E-state index is 0.0343. The van der Waals surface area contributed by atoms with Crippen molar-refractivity contribution in [3.63, 3.8) is 0 Å². The molecular formula is C25H30BrN3O2. The van der Waals surface area contributed by atoms with E-state index in [0.29, 0.717) is 31.5 Å². The summed E-state index contributed by atoms with van der Waals surface area (Å²) in [5.41, 5.74) is 2.61. The van der Waals surface area contributed by atoms with Crippen LogP contribution in [0.15, 0.2) is 53.0 Å². The Hall–Kier alpha value is -2.34. The predicted octanol–water partition coefficient (Wildman–Crippen LogP) is 5.54. The van der Waals surface area contributed by atoms with Gasteiger partial charge in [-0.05, 0) is 80.1 Å². The second-order valence-corrected chi connectivity index (χ2v) is 9.59. The summed E-state index contributed by atoms with van der Waals surface area (Å²) in [6.45, 7) is 2.25. The molecule has 2 aliphatic rings. The number of benzene rings is 2. The molecule has 2 fully saturated rings. The van der Waals surface area contributed by atoms with E-state index in [1.54, 1.807) is 0 Å². The van der Waals surface area contributed by atoms with Gasteiger partial charge in [0.1, 0.15) is 0 Å². The van der Waals surface area contributed by atoms with Crippen LogP contribution < -0.4 is 10.6 Å². The van der Waals surface area contributed by atoms with Gasteiger partial charge in [0.25, 0.3) is 5.91 Å². The molecule has 4 rings (SSSR count). The lowest BCUT2D eigenvalue weighted by Gasteiger charge is -2.31. The van der Waals surface area contributed by atoms with Crippen LogP contribution in [0.25, 0.3) is 0 Å². The highest BCUT2D eigenvalue weighted by Crippen LogP contribution is 2.26. The van der Waals surface area contributed by atoms with E-state index in [2.05, 4.69) is 26.6 Å². The van der Waals surface area contributed by atoms with Crippen molar-refractivity contribution in [2.75, 3.05) is 30.3 Å². The van der Waals surface area contributed by atoms with E-state index in [0.717, 1.165) is 28.3 Å². The van der Waals surface area contributed by atoms with Gasteiger partial charge >= 0.3 is 0 Å². The predicted molar refractivity (Wildman–Crippen MR) is 128 cm³/mol. The molecule has 2 N–H and O–H groups in total. The fourth-order valence-corrected chi connectivity index (χ4v) is 4.78. The van der Waals surface area contributed by atoms with E-state index < -0.39 is 0 Å². The first-order chi connectivity index (χ1) is 15.1. The van der Waals surface area contributed by atoms with Crippen LogP contribution in [0.1, 0.15) is 48.9 Å². The van der Waals surface area contributed by atoms with Crippen molar-refractivity contribution in [2.45, 2.75) is 38.5 Å². The second kappa shape index (κ2) is 10.3. The van der Waals surface area contributed by atoms with Crippen molar-refractivity contribution in [1.82, 2.24) is 4.90 Å². The molecule has 0 unspecified atom stereocenters. The number of anilines is 2. The lowest BCUT2D eigenvalue weighted by molar-refractivity contribution is -0.121. The largest absolute Gasteiger partial charge is 0.385 e. The zero-order valence-corrected chi connectivity index (χ0v) is 19.4. The summed E-state index contributed by atoms with van der Waals surface area (Å²) in [7, 11) is 0. The molecule has 0 atom stereocenters. The summed E-state index contributed by atoms with van der Waals surface area (Å²) in [6, 6.07) is 15.4.